The minimum atomic E-state index is -0.305. The third kappa shape index (κ3) is 3.62. The van der Waals surface area contributed by atoms with E-state index in [1.165, 1.54) is 27.8 Å². The summed E-state index contributed by atoms with van der Waals surface area (Å²) in [5.41, 5.74) is 6.26. The van der Waals surface area contributed by atoms with Crippen molar-refractivity contribution >= 4 is 30.0 Å². The van der Waals surface area contributed by atoms with Crippen LogP contribution >= 0.6 is 12.6 Å². The van der Waals surface area contributed by atoms with Gasteiger partial charge in [-0.2, -0.15) is 12.6 Å². The van der Waals surface area contributed by atoms with E-state index in [9.17, 15) is 9.59 Å². The van der Waals surface area contributed by atoms with Gasteiger partial charge in [0.25, 0.3) is 0 Å². The molecule has 7 heteroatoms. The summed E-state index contributed by atoms with van der Waals surface area (Å²) in [5.74, 6) is -0.384. The molecule has 4 heterocycles. The monoisotopic (exact) mass is 423 g/mol. The topological polar surface area (TPSA) is 65.8 Å². The van der Waals surface area contributed by atoms with Crippen LogP contribution in [0.25, 0.3) is 5.57 Å². The molecule has 0 aliphatic carbocycles. The second-order valence-electron chi connectivity index (χ2n) is 8.22. The normalized spacial score (nSPS) is 25.2. The molecule has 2 amide bonds. The Bertz CT molecular complexity index is 1000. The van der Waals surface area contributed by atoms with Gasteiger partial charge in [0, 0.05) is 38.2 Å². The van der Waals surface area contributed by atoms with Crippen LogP contribution < -0.4 is 5.32 Å². The number of benzene rings is 1. The van der Waals surface area contributed by atoms with Crippen molar-refractivity contribution in [3.05, 3.63) is 65.1 Å². The number of amides is 2. The van der Waals surface area contributed by atoms with Crippen molar-refractivity contribution in [1.29, 1.82) is 0 Å². The van der Waals surface area contributed by atoms with Crippen LogP contribution in [-0.2, 0) is 22.7 Å². The number of nitrogens with zero attached hydrogens (tertiary/aromatic N) is 2. The van der Waals surface area contributed by atoms with Crippen molar-refractivity contribution in [3.8, 4) is 0 Å². The summed E-state index contributed by atoms with van der Waals surface area (Å²) in [6, 6.07) is 8.09. The molecule has 0 radical (unpaired) electrons. The average Bonchev–Trinajstić information content (AvgIpc) is 3.39. The molecule has 3 aliphatic heterocycles. The molecule has 156 valence electrons. The molecule has 1 saturated heterocycles. The van der Waals surface area contributed by atoms with Crippen LogP contribution in [0.1, 0.15) is 46.9 Å². The maximum Gasteiger partial charge on any atom is 0.243 e. The fourth-order valence-corrected chi connectivity index (χ4v) is 5.25. The minimum absolute atomic E-state index is 0.127. The molecule has 1 N–H and O–H groups in total. The summed E-state index contributed by atoms with van der Waals surface area (Å²) in [4.78, 5) is 28.5. The number of carbonyl (C=O) groups excluding carboxylic acids is 2. The molecule has 2 unspecified atom stereocenters. The zero-order valence-electron chi connectivity index (χ0n) is 16.7. The number of hydrogen-bond acceptors (Lipinski definition) is 6. The molecule has 0 saturated carbocycles. The lowest BCUT2D eigenvalue weighted by molar-refractivity contribution is -0.137. The van der Waals surface area contributed by atoms with Crippen molar-refractivity contribution in [2.75, 3.05) is 13.1 Å². The van der Waals surface area contributed by atoms with Gasteiger partial charge in [-0.05, 0) is 41.2 Å². The lowest BCUT2D eigenvalue weighted by Crippen LogP contribution is -2.51. The summed E-state index contributed by atoms with van der Waals surface area (Å²) < 4.78 is 5.21. The fraction of sp³-hybridized carbons (Fsp3) is 0.391. The van der Waals surface area contributed by atoms with Gasteiger partial charge in [-0.25, -0.2) is 0 Å². The first-order valence-electron chi connectivity index (χ1n) is 10.4. The first-order chi connectivity index (χ1) is 14.6. The Morgan fingerprint density at radius 2 is 2.10 bits per heavy atom. The number of imide groups is 1. The Balaban J connectivity index is 1.31. The third-order valence-electron chi connectivity index (χ3n) is 6.43. The number of furan rings is 1. The van der Waals surface area contributed by atoms with Gasteiger partial charge >= 0.3 is 0 Å². The first kappa shape index (κ1) is 19.6. The summed E-state index contributed by atoms with van der Waals surface area (Å²) in [6.07, 6.45) is 7.76. The third-order valence-corrected chi connectivity index (χ3v) is 7.01. The minimum Gasteiger partial charge on any atom is -0.472 e. The molecule has 3 aliphatic rings. The molecule has 1 fully saturated rings. The van der Waals surface area contributed by atoms with Crippen molar-refractivity contribution in [1.82, 2.24) is 15.1 Å². The molecular weight excluding hydrogens is 398 g/mol. The Labute approximate surface area is 181 Å². The van der Waals surface area contributed by atoms with Crippen LogP contribution in [-0.4, -0.2) is 40.7 Å². The first-order valence-corrected chi connectivity index (χ1v) is 10.9. The lowest BCUT2D eigenvalue weighted by Gasteiger charge is -2.32. The van der Waals surface area contributed by atoms with Crippen molar-refractivity contribution in [3.63, 3.8) is 0 Å². The molecule has 0 bridgehead atoms. The van der Waals surface area contributed by atoms with E-state index in [0.717, 1.165) is 26.1 Å². The molecule has 5 rings (SSSR count). The van der Waals surface area contributed by atoms with E-state index in [2.05, 4.69) is 39.4 Å². The highest BCUT2D eigenvalue weighted by atomic mass is 32.1. The fourth-order valence-electron chi connectivity index (χ4n) is 4.77. The van der Waals surface area contributed by atoms with Gasteiger partial charge in [0.05, 0.1) is 23.9 Å². The van der Waals surface area contributed by atoms with Crippen molar-refractivity contribution in [2.24, 2.45) is 0 Å². The van der Waals surface area contributed by atoms with Crippen LogP contribution in [0.4, 0.5) is 0 Å². The van der Waals surface area contributed by atoms with E-state index in [1.54, 1.807) is 6.26 Å². The highest BCUT2D eigenvalue weighted by Crippen LogP contribution is 2.41. The van der Waals surface area contributed by atoms with Crippen LogP contribution in [0.3, 0.4) is 0 Å². The molecule has 0 spiro atoms. The van der Waals surface area contributed by atoms with Crippen molar-refractivity contribution in [2.45, 2.75) is 43.8 Å². The van der Waals surface area contributed by atoms with E-state index in [1.807, 2.05) is 12.3 Å². The standard InChI is InChI=1S/C23H25N3O3S/c27-21-5-4-20(22(28)24-21)26-13-19-16(2-1-3-18(19)23(26)30)12-25-9-6-15(7-10-25)17-8-11-29-14-17/h1-3,6,8,11,14,20,23,30H,4-5,7,9-10,12-13H2,(H,24,27,28). The molecule has 6 nitrogen and oxygen atoms in total. The van der Waals surface area contributed by atoms with E-state index in [4.69, 9.17) is 17.0 Å². The predicted molar refractivity (Wildman–Crippen MR) is 116 cm³/mol. The predicted octanol–water partition coefficient (Wildman–Crippen LogP) is 3.12. The lowest BCUT2D eigenvalue weighted by atomic mass is 10.00. The summed E-state index contributed by atoms with van der Waals surface area (Å²) in [5, 5.41) is 2.35. The summed E-state index contributed by atoms with van der Waals surface area (Å²) in [7, 11) is 0. The van der Waals surface area contributed by atoms with Crippen LogP contribution in [0, 0.1) is 0 Å². The summed E-state index contributed by atoms with van der Waals surface area (Å²) in [6.45, 7) is 3.48. The van der Waals surface area contributed by atoms with E-state index in [0.29, 0.717) is 19.4 Å². The van der Waals surface area contributed by atoms with Gasteiger partial charge in [-0.15, -0.1) is 0 Å². The van der Waals surface area contributed by atoms with Crippen LogP contribution in [0.2, 0.25) is 0 Å². The smallest absolute Gasteiger partial charge is 0.243 e. The zero-order valence-corrected chi connectivity index (χ0v) is 17.6. The number of hydrogen-bond donors (Lipinski definition) is 2. The SMILES string of the molecule is O=C1CCC(N2Cc3c(CN4CC=C(c5ccoc5)CC4)cccc3C2S)C(=O)N1. The Kier molecular flexibility index (Phi) is 5.26. The number of carbonyl (C=O) groups is 2. The molecule has 2 atom stereocenters. The van der Waals surface area contributed by atoms with E-state index >= 15 is 0 Å². The molecule has 1 aromatic carbocycles. The second kappa shape index (κ2) is 8.06. The Hall–Kier alpha value is -2.35. The number of piperidine rings is 1. The quantitative estimate of drug-likeness (QED) is 0.584. The van der Waals surface area contributed by atoms with Gasteiger partial charge in [-0.3, -0.25) is 24.7 Å². The number of rotatable bonds is 4. The Morgan fingerprint density at radius 3 is 2.83 bits per heavy atom. The molecule has 1 aromatic heterocycles. The Morgan fingerprint density at radius 1 is 1.20 bits per heavy atom. The number of nitrogens with one attached hydrogen (secondary N) is 1. The van der Waals surface area contributed by atoms with Gasteiger partial charge < -0.3 is 4.42 Å². The summed E-state index contributed by atoms with van der Waals surface area (Å²) >= 11 is 4.83. The number of thiol groups is 1. The molecule has 2 aromatic rings. The van der Waals surface area contributed by atoms with Gasteiger partial charge in [0.1, 0.15) is 0 Å². The molecular formula is C23H25N3O3S. The highest BCUT2D eigenvalue weighted by molar-refractivity contribution is 7.80. The zero-order chi connectivity index (χ0) is 20.7. The molecule has 30 heavy (non-hydrogen) atoms. The largest absolute Gasteiger partial charge is 0.472 e. The maximum absolute atomic E-state index is 12.4. The average molecular weight is 424 g/mol. The highest BCUT2D eigenvalue weighted by Gasteiger charge is 2.39. The number of fused-ring (bicyclic) bond motifs is 1. The van der Waals surface area contributed by atoms with Gasteiger partial charge in [0.15, 0.2) is 0 Å². The van der Waals surface area contributed by atoms with Gasteiger partial charge in [0.2, 0.25) is 11.8 Å². The van der Waals surface area contributed by atoms with Gasteiger partial charge in [-0.1, -0.05) is 24.3 Å². The van der Waals surface area contributed by atoms with Crippen LogP contribution in [0.15, 0.2) is 47.3 Å². The van der Waals surface area contributed by atoms with Crippen LogP contribution in [0.5, 0.6) is 0 Å². The van der Waals surface area contributed by atoms with Crippen molar-refractivity contribution < 1.29 is 14.0 Å². The van der Waals surface area contributed by atoms with E-state index in [-0.39, 0.29) is 23.2 Å². The van der Waals surface area contributed by atoms with E-state index < -0.39 is 0 Å². The maximum atomic E-state index is 12.4. The second-order valence-corrected chi connectivity index (χ2v) is 8.71.